The zero-order valence-corrected chi connectivity index (χ0v) is 14.4. The van der Waals surface area contributed by atoms with Crippen LogP contribution in [-0.2, 0) is 11.3 Å². The Balaban J connectivity index is 1.43. The maximum absolute atomic E-state index is 12.2. The molecule has 1 aliphatic heterocycles. The summed E-state index contributed by atoms with van der Waals surface area (Å²) >= 11 is 6.06. The van der Waals surface area contributed by atoms with E-state index in [4.69, 9.17) is 16.1 Å². The average molecular weight is 349 g/mol. The molecule has 1 saturated heterocycles. The van der Waals surface area contributed by atoms with Crippen molar-refractivity contribution in [3.05, 3.63) is 46.8 Å². The number of amides is 1. The van der Waals surface area contributed by atoms with Gasteiger partial charge < -0.3 is 9.84 Å². The average Bonchev–Trinajstić information content (AvgIpc) is 2.96. The van der Waals surface area contributed by atoms with Crippen molar-refractivity contribution in [2.75, 3.05) is 38.0 Å². The van der Waals surface area contributed by atoms with Crippen molar-refractivity contribution >= 4 is 23.2 Å². The Hall–Kier alpha value is -1.89. The molecule has 0 spiro atoms. The first-order valence-corrected chi connectivity index (χ1v) is 8.39. The van der Waals surface area contributed by atoms with Crippen LogP contribution in [0.2, 0.25) is 5.02 Å². The van der Waals surface area contributed by atoms with Gasteiger partial charge in [0.2, 0.25) is 5.91 Å². The third-order valence-electron chi connectivity index (χ3n) is 4.04. The number of piperazine rings is 1. The number of carbonyl (C=O) groups excluding carboxylic acids is 1. The Morgan fingerprint density at radius 1 is 1.25 bits per heavy atom. The molecule has 128 valence electrons. The van der Waals surface area contributed by atoms with Crippen molar-refractivity contribution in [1.29, 1.82) is 0 Å². The molecular weight excluding hydrogens is 328 g/mol. The summed E-state index contributed by atoms with van der Waals surface area (Å²) in [5, 5.41) is 7.44. The number of nitrogens with zero attached hydrogens (tertiary/aromatic N) is 3. The normalized spacial score (nSPS) is 16.2. The van der Waals surface area contributed by atoms with Crippen molar-refractivity contribution in [1.82, 2.24) is 15.0 Å². The van der Waals surface area contributed by atoms with Gasteiger partial charge in [-0.1, -0.05) is 28.9 Å². The summed E-state index contributed by atoms with van der Waals surface area (Å²) < 4.78 is 5.10. The van der Waals surface area contributed by atoms with Gasteiger partial charge in [-0.25, -0.2) is 0 Å². The van der Waals surface area contributed by atoms with Crippen LogP contribution in [0.4, 0.5) is 5.69 Å². The van der Waals surface area contributed by atoms with Crippen LogP contribution in [0.25, 0.3) is 0 Å². The molecule has 0 unspecified atom stereocenters. The fourth-order valence-electron chi connectivity index (χ4n) is 2.78. The van der Waals surface area contributed by atoms with Crippen LogP contribution in [0.5, 0.6) is 0 Å². The second-order valence-corrected chi connectivity index (χ2v) is 6.42. The first-order valence-electron chi connectivity index (χ1n) is 8.01. The Bertz CT molecular complexity index is 695. The second kappa shape index (κ2) is 7.79. The lowest BCUT2D eigenvalue weighted by Crippen LogP contribution is -2.48. The molecule has 3 rings (SSSR count). The van der Waals surface area contributed by atoms with Crippen molar-refractivity contribution < 1.29 is 9.32 Å². The highest BCUT2D eigenvalue weighted by Gasteiger charge is 2.20. The lowest BCUT2D eigenvalue weighted by atomic mass is 10.2. The van der Waals surface area contributed by atoms with Crippen LogP contribution in [-0.4, -0.2) is 53.6 Å². The van der Waals surface area contributed by atoms with Crippen molar-refractivity contribution in [2.24, 2.45) is 0 Å². The molecule has 1 amide bonds. The number of rotatable bonds is 5. The standard InChI is InChI=1S/C17H21ClN4O2/c1-13-10-14(20-24-13)11-21-6-8-22(9-7-21)12-17(23)19-16-5-3-2-4-15(16)18/h2-5,10H,6-9,11-12H2,1H3,(H,19,23). The molecule has 1 aliphatic rings. The molecule has 24 heavy (non-hydrogen) atoms. The molecule has 1 aromatic heterocycles. The van der Waals surface area contributed by atoms with E-state index >= 15 is 0 Å². The maximum Gasteiger partial charge on any atom is 0.238 e. The summed E-state index contributed by atoms with van der Waals surface area (Å²) in [4.78, 5) is 16.6. The SMILES string of the molecule is Cc1cc(CN2CCN(CC(=O)Nc3ccccc3Cl)CC2)no1. The Labute approximate surface area is 146 Å². The van der Waals surface area contributed by atoms with Crippen LogP contribution in [0, 0.1) is 6.92 Å². The smallest absolute Gasteiger partial charge is 0.238 e. The molecule has 1 N–H and O–H groups in total. The zero-order valence-electron chi connectivity index (χ0n) is 13.7. The van der Waals surface area contributed by atoms with Crippen LogP contribution < -0.4 is 5.32 Å². The Morgan fingerprint density at radius 2 is 1.96 bits per heavy atom. The summed E-state index contributed by atoms with van der Waals surface area (Å²) in [6.45, 7) is 6.58. The predicted molar refractivity (Wildman–Crippen MR) is 93.0 cm³/mol. The fourth-order valence-corrected chi connectivity index (χ4v) is 2.97. The number of aryl methyl sites for hydroxylation is 1. The molecule has 1 fully saturated rings. The van der Waals surface area contributed by atoms with E-state index in [1.54, 1.807) is 12.1 Å². The number of nitrogens with one attached hydrogen (secondary N) is 1. The van der Waals surface area contributed by atoms with Crippen molar-refractivity contribution in [3.8, 4) is 0 Å². The van der Waals surface area contributed by atoms with E-state index in [0.717, 1.165) is 44.2 Å². The number of anilines is 1. The minimum atomic E-state index is -0.0383. The van der Waals surface area contributed by atoms with Gasteiger partial charge in [0, 0.05) is 38.8 Å². The monoisotopic (exact) mass is 348 g/mol. The number of halogens is 1. The number of aromatic nitrogens is 1. The molecule has 0 aliphatic carbocycles. The van der Waals surface area contributed by atoms with Crippen LogP contribution in [0.3, 0.4) is 0 Å². The first kappa shape index (κ1) is 17.0. The summed E-state index contributed by atoms with van der Waals surface area (Å²) in [6.07, 6.45) is 0. The number of hydrogen-bond acceptors (Lipinski definition) is 5. The summed E-state index contributed by atoms with van der Waals surface area (Å²) in [6, 6.07) is 9.22. The van der Waals surface area contributed by atoms with E-state index in [-0.39, 0.29) is 5.91 Å². The highest BCUT2D eigenvalue weighted by atomic mass is 35.5. The van der Waals surface area contributed by atoms with Gasteiger partial charge >= 0.3 is 0 Å². The summed E-state index contributed by atoms with van der Waals surface area (Å²) in [7, 11) is 0. The minimum absolute atomic E-state index is 0.0383. The highest BCUT2D eigenvalue weighted by Crippen LogP contribution is 2.20. The van der Waals surface area contributed by atoms with Gasteiger partial charge in [-0.15, -0.1) is 0 Å². The second-order valence-electron chi connectivity index (χ2n) is 6.01. The van der Waals surface area contributed by atoms with E-state index in [1.807, 2.05) is 25.1 Å². The van der Waals surface area contributed by atoms with Gasteiger partial charge in [-0.2, -0.15) is 0 Å². The topological polar surface area (TPSA) is 61.6 Å². The Kier molecular flexibility index (Phi) is 5.50. The van der Waals surface area contributed by atoms with Crippen molar-refractivity contribution in [2.45, 2.75) is 13.5 Å². The molecule has 7 heteroatoms. The van der Waals surface area contributed by atoms with Gasteiger partial charge in [-0.3, -0.25) is 14.6 Å². The number of hydrogen-bond donors (Lipinski definition) is 1. The third kappa shape index (κ3) is 4.56. The van der Waals surface area contributed by atoms with E-state index < -0.39 is 0 Å². The number of para-hydroxylation sites is 1. The molecular formula is C17H21ClN4O2. The largest absolute Gasteiger partial charge is 0.361 e. The van der Waals surface area contributed by atoms with Gasteiger partial charge in [-0.05, 0) is 19.1 Å². The summed E-state index contributed by atoms with van der Waals surface area (Å²) in [5.74, 6) is 0.795. The van der Waals surface area contributed by atoms with Crippen LogP contribution in [0.1, 0.15) is 11.5 Å². The number of carbonyl (C=O) groups is 1. The molecule has 0 saturated carbocycles. The lowest BCUT2D eigenvalue weighted by molar-refractivity contribution is -0.117. The maximum atomic E-state index is 12.2. The lowest BCUT2D eigenvalue weighted by Gasteiger charge is -2.33. The van der Waals surface area contributed by atoms with E-state index in [2.05, 4.69) is 20.3 Å². The zero-order chi connectivity index (χ0) is 16.9. The highest BCUT2D eigenvalue weighted by molar-refractivity contribution is 6.33. The van der Waals surface area contributed by atoms with Gasteiger partial charge in [0.15, 0.2) is 0 Å². The first-order chi connectivity index (χ1) is 11.6. The molecule has 0 atom stereocenters. The van der Waals surface area contributed by atoms with E-state index in [0.29, 0.717) is 17.3 Å². The van der Waals surface area contributed by atoms with Gasteiger partial charge in [0.05, 0.1) is 22.9 Å². The van der Waals surface area contributed by atoms with Crippen LogP contribution in [0.15, 0.2) is 34.9 Å². The quantitative estimate of drug-likeness (QED) is 0.899. The van der Waals surface area contributed by atoms with Gasteiger partial charge in [0.25, 0.3) is 0 Å². The molecule has 6 nitrogen and oxygen atoms in total. The molecule has 1 aromatic carbocycles. The summed E-state index contributed by atoms with van der Waals surface area (Å²) in [5.41, 5.74) is 1.61. The minimum Gasteiger partial charge on any atom is -0.361 e. The third-order valence-corrected chi connectivity index (χ3v) is 4.37. The predicted octanol–water partition coefficient (Wildman–Crippen LogP) is 2.39. The molecule has 0 bridgehead atoms. The molecule has 0 radical (unpaired) electrons. The molecule has 2 heterocycles. The van der Waals surface area contributed by atoms with E-state index in [1.165, 1.54) is 0 Å². The van der Waals surface area contributed by atoms with E-state index in [9.17, 15) is 4.79 Å². The Morgan fingerprint density at radius 3 is 2.62 bits per heavy atom. The number of benzene rings is 1. The van der Waals surface area contributed by atoms with Crippen LogP contribution >= 0.6 is 11.6 Å². The van der Waals surface area contributed by atoms with Crippen molar-refractivity contribution in [3.63, 3.8) is 0 Å². The van der Waals surface area contributed by atoms with Gasteiger partial charge in [0.1, 0.15) is 5.76 Å². The molecule has 2 aromatic rings. The fraction of sp³-hybridized carbons (Fsp3) is 0.412.